The smallest absolute Gasteiger partial charge is 0.335 e. The third-order valence-corrected chi connectivity index (χ3v) is 4.49. The number of aromatic carboxylic acids is 1. The topological polar surface area (TPSA) is 66.8 Å². The summed E-state index contributed by atoms with van der Waals surface area (Å²) in [5, 5.41) is 9.14. The second-order valence-electron chi connectivity index (χ2n) is 6.58. The number of likely N-dealkylation sites (tertiary alicyclic amines) is 1. The van der Waals surface area contributed by atoms with Crippen molar-refractivity contribution in [2.75, 3.05) is 13.1 Å². The van der Waals surface area contributed by atoms with Gasteiger partial charge in [0.15, 0.2) is 11.6 Å². The molecular weight excluding hydrogens is 356 g/mol. The van der Waals surface area contributed by atoms with Crippen LogP contribution in [0.5, 0.6) is 5.75 Å². The first-order valence-electron chi connectivity index (χ1n) is 8.59. The number of carbonyl (C=O) groups is 2. The summed E-state index contributed by atoms with van der Waals surface area (Å²) in [4.78, 5) is 25.5. The Hall–Kier alpha value is -2.96. The van der Waals surface area contributed by atoms with Crippen LogP contribution >= 0.6 is 0 Å². The highest BCUT2D eigenvalue weighted by Crippen LogP contribution is 2.24. The van der Waals surface area contributed by atoms with Crippen LogP contribution in [0.25, 0.3) is 0 Å². The summed E-state index contributed by atoms with van der Waals surface area (Å²) < 4.78 is 32.2. The number of hydrogen-bond acceptors (Lipinski definition) is 3. The molecule has 1 aliphatic rings. The molecule has 1 saturated heterocycles. The Bertz CT molecular complexity index is 876. The van der Waals surface area contributed by atoms with E-state index in [9.17, 15) is 18.4 Å². The quantitative estimate of drug-likeness (QED) is 0.886. The molecule has 5 nitrogen and oxygen atoms in total. The Morgan fingerprint density at radius 1 is 1.07 bits per heavy atom. The second kappa shape index (κ2) is 7.73. The van der Waals surface area contributed by atoms with Crippen molar-refractivity contribution in [1.82, 2.24) is 4.90 Å². The highest BCUT2D eigenvalue weighted by atomic mass is 19.1. The summed E-state index contributed by atoms with van der Waals surface area (Å²) in [6, 6.07) is 7.69. The molecule has 0 aliphatic carbocycles. The van der Waals surface area contributed by atoms with Crippen molar-refractivity contribution >= 4 is 11.9 Å². The van der Waals surface area contributed by atoms with E-state index in [2.05, 4.69) is 0 Å². The lowest BCUT2D eigenvalue weighted by atomic mass is 10.0. The average Bonchev–Trinajstić information content (AvgIpc) is 2.63. The van der Waals surface area contributed by atoms with E-state index in [4.69, 9.17) is 9.84 Å². The lowest BCUT2D eigenvalue weighted by Crippen LogP contribution is -2.42. The van der Waals surface area contributed by atoms with Gasteiger partial charge in [0.05, 0.1) is 5.56 Å². The molecule has 1 amide bonds. The van der Waals surface area contributed by atoms with Gasteiger partial charge >= 0.3 is 5.97 Å². The fourth-order valence-electron chi connectivity index (χ4n) is 3.14. The Morgan fingerprint density at radius 3 is 2.37 bits per heavy atom. The molecule has 2 aromatic rings. The summed E-state index contributed by atoms with van der Waals surface area (Å²) in [5.41, 5.74) is 1.10. The fourth-order valence-corrected chi connectivity index (χ4v) is 3.14. The van der Waals surface area contributed by atoms with Crippen LogP contribution in [0.2, 0.25) is 0 Å². The molecule has 0 aromatic heterocycles. The molecule has 7 heteroatoms. The number of carboxylic acids is 1. The minimum atomic E-state index is -1.08. The van der Waals surface area contributed by atoms with Crippen molar-refractivity contribution in [1.29, 1.82) is 0 Å². The minimum Gasteiger partial charge on any atom is -0.487 e. The van der Waals surface area contributed by atoms with Crippen LogP contribution in [0.4, 0.5) is 8.78 Å². The largest absolute Gasteiger partial charge is 0.487 e. The van der Waals surface area contributed by atoms with Gasteiger partial charge in [-0.25, -0.2) is 13.6 Å². The maximum absolute atomic E-state index is 13.7. The molecule has 0 radical (unpaired) electrons. The SMILES string of the molecule is Cc1cc(C(=O)O)cc(C(=O)N2CCC(Oc3ccc(F)cc3F)CC2)c1. The maximum Gasteiger partial charge on any atom is 0.335 e. The summed E-state index contributed by atoms with van der Waals surface area (Å²) in [6.45, 7) is 2.55. The van der Waals surface area contributed by atoms with Crippen LogP contribution in [-0.2, 0) is 0 Å². The van der Waals surface area contributed by atoms with Crippen LogP contribution in [0.1, 0.15) is 39.1 Å². The van der Waals surface area contributed by atoms with Crippen molar-refractivity contribution < 1.29 is 28.2 Å². The monoisotopic (exact) mass is 375 g/mol. The van der Waals surface area contributed by atoms with E-state index >= 15 is 0 Å². The van der Waals surface area contributed by atoms with Crippen LogP contribution in [-0.4, -0.2) is 41.1 Å². The summed E-state index contributed by atoms with van der Waals surface area (Å²) in [7, 11) is 0. The Morgan fingerprint density at radius 2 is 1.74 bits per heavy atom. The van der Waals surface area contributed by atoms with Crippen LogP contribution in [0.15, 0.2) is 36.4 Å². The predicted molar refractivity (Wildman–Crippen MR) is 94.0 cm³/mol. The number of nitrogens with zero attached hydrogens (tertiary/aromatic N) is 1. The first kappa shape index (κ1) is 18.8. The molecule has 142 valence electrons. The zero-order chi connectivity index (χ0) is 19.6. The Kier molecular flexibility index (Phi) is 5.39. The Labute approximate surface area is 155 Å². The van der Waals surface area contributed by atoms with Crippen molar-refractivity contribution in [3.8, 4) is 5.75 Å². The standard InChI is InChI=1S/C20H19F2NO4/c1-12-8-13(10-14(9-12)20(25)26)19(24)23-6-4-16(5-7-23)27-18-3-2-15(21)11-17(18)22/h2-3,8-11,16H,4-7H2,1H3,(H,25,26). The molecule has 1 aliphatic heterocycles. The van der Waals surface area contributed by atoms with Gasteiger partial charge in [-0.1, -0.05) is 0 Å². The van der Waals surface area contributed by atoms with E-state index in [1.165, 1.54) is 18.2 Å². The number of amides is 1. The number of piperidine rings is 1. The van der Waals surface area contributed by atoms with Crippen molar-refractivity contribution in [3.05, 3.63) is 64.7 Å². The Balaban J connectivity index is 1.63. The second-order valence-corrected chi connectivity index (χ2v) is 6.58. The van der Waals surface area contributed by atoms with Crippen molar-refractivity contribution in [2.45, 2.75) is 25.9 Å². The average molecular weight is 375 g/mol. The van der Waals surface area contributed by atoms with E-state index < -0.39 is 17.6 Å². The highest BCUT2D eigenvalue weighted by Gasteiger charge is 2.26. The normalized spacial score (nSPS) is 14.9. The number of rotatable bonds is 4. The van der Waals surface area contributed by atoms with Gasteiger partial charge in [0.1, 0.15) is 11.9 Å². The highest BCUT2D eigenvalue weighted by molar-refractivity contribution is 5.97. The number of carboxylic acid groups (broad SMARTS) is 1. The molecule has 1 fully saturated rings. The molecular formula is C20H19F2NO4. The van der Waals surface area contributed by atoms with Crippen LogP contribution < -0.4 is 4.74 Å². The number of carbonyl (C=O) groups excluding carboxylic acids is 1. The molecule has 1 N–H and O–H groups in total. The summed E-state index contributed by atoms with van der Waals surface area (Å²) >= 11 is 0. The lowest BCUT2D eigenvalue weighted by molar-refractivity contribution is 0.0588. The lowest BCUT2D eigenvalue weighted by Gasteiger charge is -2.32. The van der Waals surface area contributed by atoms with E-state index in [0.717, 1.165) is 12.1 Å². The zero-order valence-corrected chi connectivity index (χ0v) is 14.7. The van der Waals surface area contributed by atoms with E-state index in [1.807, 2.05) is 0 Å². The van der Waals surface area contributed by atoms with Gasteiger partial charge in [0.25, 0.3) is 5.91 Å². The molecule has 0 unspecified atom stereocenters. The summed E-state index contributed by atoms with van der Waals surface area (Å²) in [6.07, 6.45) is 0.724. The molecule has 2 aromatic carbocycles. The predicted octanol–water partition coefficient (Wildman–Crippen LogP) is 3.66. The number of halogens is 2. The molecule has 0 bridgehead atoms. The van der Waals surface area contributed by atoms with Crippen LogP contribution in [0, 0.1) is 18.6 Å². The molecule has 3 rings (SSSR count). The van der Waals surface area contributed by atoms with E-state index in [1.54, 1.807) is 17.9 Å². The first-order chi connectivity index (χ1) is 12.8. The van der Waals surface area contributed by atoms with Crippen LogP contribution in [0.3, 0.4) is 0 Å². The van der Waals surface area contributed by atoms with Gasteiger partial charge < -0.3 is 14.7 Å². The maximum atomic E-state index is 13.7. The van der Waals surface area contributed by atoms with Gasteiger partial charge in [-0.2, -0.15) is 0 Å². The third-order valence-electron chi connectivity index (χ3n) is 4.49. The van der Waals surface area contributed by atoms with Crippen molar-refractivity contribution in [3.63, 3.8) is 0 Å². The van der Waals surface area contributed by atoms with Gasteiger partial charge in [0.2, 0.25) is 0 Å². The van der Waals surface area contributed by atoms with Gasteiger partial charge in [-0.3, -0.25) is 4.79 Å². The number of aryl methyl sites for hydroxylation is 1. The fraction of sp³-hybridized carbons (Fsp3) is 0.300. The molecule has 0 spiro atoms. The molecule has 0 saturated carbocycles. The zero-order valence-electron chi connectivity index (χ0n) is 14.7. The number of benzene rings is 2. The number of hydrogen-bond donors (Lipinski definition) is 1. The first-order valence-corrected chi connectivity index (χ1v) is 8.59. The summed E-state index contributed by atoms with van der Waals surface area (Å²) in [5.74, 6) is -2.76. The van der Waals surface area contributed by atoms with Crippen molar-refractivity contribution in [2.24, 2.45) is 0 Å². The molecule has 27 heavy (non-hydrogen) atoms. The van der Waals surface area contributed by atoms with Gasteiger partial charge in [0, 0.05) is 37.6 Å². The van der Waals surface area contributed by atoms with E-state index in [0.29, 0.717) is 37.1 Å². The van der Waals surface area contributed by atoms with Gasteiger partial charge in [-0.15, -0.1) is 0 Å². The number of ether oxygens (including phenoxy) is 1. The van der Waals surface area contributed by atoms with E-state index in [-0.39, 0.29) is 23.3 Å². The molecule has 0 atom stereocenters. The molecule has 1 heterocycles. The van der Waals surface area contributed by atoms with Gasteiger partial charge in [-0.05, 0) is 42.8 Å². The third kappa shape index (κ3) is 4.42. The minimum absolute atomic E-state index is 0.00837.